The first kappa shape index (κ1) is 14.6. The monoisotopic (exact) mass is 275 g/mol. The molecule has 1 aliphatic heterocycles. The molecule has 0 N–H and O–H groups in total. The highest BCUT2D eigenvalue weighted by molar-refractivity contribution is 5.94. The molecule has 1 fully saturated rings. The first-order valence-electron chi connectivity index (χ1n) is 7.09. The SMILES string of the molecule is C=CC[C@H](C)C(=O)N1C(=O)OC[C@H]1CC1=CCCC=C1. The molecule has 4 heteroatoms. The quantitative estimate of drug-likeness (QED) is 0.724. The number of imide groups is 1. The average Bonchev–Trinajstić information content (AvgIpc) is 2.80. The Kier molecular flexibility index (Phi) is 4.77. The van der Waals surface area contributed by atoms with Crippen molar-refractivity contribution < 1.29 is 14.3 Å². The summed E-state index contributed by atoms with van der Waals surface area (Å²) >= 11 is 0. The van der Waals surface area contributed by atoms with E-state index in [2.05, 4.69) is 24.8 Å². The second-order valence-corrected chi connectivity index (χ2v) is 5.33. The molecule has 2 aliphatic rings. The first-order chi connectivity index (χ1) is 9.63. The van der Waals surface area contributed by atoms with Gasteiger partial charge in [0.25, 0.3) is 0 Å². The average molecular weight is 275 g/mol. The van der Waals surface area contributed by atoms with Crippen LogP contribution in [0.25, 0.3) is 0 Å². The van der Waals surface area contributed by atoms with E-state index in [9.17, 15) is 9.59 Å². The van der Waals surface area contributed by atoms with Gasteiger partial charge in [0.15, 0.2) is 0 Å². The van der Waals surface area contributed by atoms with Crippen molar-refractivity contribution in [1.82, 2.24) is 4.90 Å². The lowest BCUT2D eigenvalue weighted by molar-refractivity contribution is -0.132. The number of allylic oxidation sites excluding steroid dienone is 4. The maximum atomic E-state index is 12.3. The largest absolute Gasteiger partial charge is 0.447 e. The molecule has 20 heavy (non-hydrogen) atoms. The lowest BCUT2D eigenvalue weighted by Crippen LogP contribution is -2.42. The zero-order valence-corrected chi connectivity index (χ0v) is 11.9. The van der Waals surface area contributed by atoms with E-state index in [-0.39, 0.29) is 24.5 Å². The van der Waals surface area contributed by atoms with Crippen molar-refractivity contribution in [2.24, 2.45) is 5.92 Å². The third kappa shape index (κ3) is 3.18. The molecule has 2 atom stereocenters. The van der Waals surface area contributed by atoms with Crippen LogP contribution in [0.1, 0.15) is 32.6 Å². The Hall–Kier alpha value is -1.84. The summed E-state index contributed by atoms with van der Waals surface area (Å²) in [5, 5.41) is 0. The van der Waals surface area contributed by atoms with Gasteiger partial charge in [0.05, 0.1) is 6.04 Å². The fourth-order valence-corrected chi connectivity index (χ4v) is 2.56. The summed E-state index contributed by atoms with van der Waals surface area (Å²) in [4.78, 5) is 25.4. The van der Waals surface area contributed by atoms with E-state index in [1.54, 1.807) is 6.08 Å². The minimum Gasteiger partial charge on any atom is -0.447 e. The number of amides is 2. The molecule has 0 unspecified atom stereocenters. The summed E-state index contributed by atoms with van der Waals surface area (Å²) in [7, 11) is 0. The summed E-state index contributed by atoms with van der Waals surface area (Å²) in [6.45, 7) is 5.74. The molecule has 0 aromatic carbocycles. The predicted octanol–water partition coefficient (Wildman–Crippen LogP) is 3.21. The van der Waals surface area contributed by atoms with Crippen LogP contribution in [0.15, 0.2) is 36.5 Å². The van der Waals surface area contributed by atoms with Crippen LogP contribution in [0, 0.1) is 5.92 Å². The summed E-state index contributed by atoms with van der Waals surface area (Å²) in [5.41, 5.74) is 1.17. The van der Waals surface area contributed by atoms with E-state index in [1.807, 2.05) is 6.92 Å². The van der Waals surface area contributed by atoms with E-state index in [1.165, 1.54) is 10.5 Å². The molecule has 4 nitrogen and oxygen atoms in total. The standard InChI is InChI=1S/C16H21NO3/c1-3-7-12(2)15(18)17-14(11-20-16(17)19)10-13-8-5-4-6-9-13/h3,5,8-9,12,14H,1,4,6-7,10-11H2,2H3/t12-,14+/m0/s1. The third-order valence-electron chi connectivity index (χ3n) is 3.68. The van der Waals surface area contributed by atoms with E-state index in [4.69, 9.17) is 4.74 Å². The van der Waals surface area contributed by atoms with Crippen LogP contribution in [0.4, 0.5) is 4.79 Å². The third-order valence-corrected chi connectivity index (χ3v) is 3.68. The van der Waals surface area contributed by atoms with Crippen molar-refractivity contribution in [3.63, 3.8) is 0 Å². The van der Waals surface area contributed by atoms with Gasteiger partial charge in [0, 0.05) is 5.92 Å². The molecule has 0 spiro atoms. The highest BCUT2D eigenvalue weighted by Gasteiger charge is 2.39. The molecule has 108 valence electrons. The number of nitrogens with zero attached hydrogens (tertiary/aromatic N) is 1. The fourth-order valence-electron chi connectivity index (χ4n) is 2.56. The topological polar surface area (TPSA) is 46.6 Å². The number of ether oxygens (including phenoxy) is 1. The van der Waals surface area contributed by atoms with E-state index in [0.29, 0.717) is 12.8 Å². The Morgan fingerprint density at radius 3 is 3.05 bits per heavy atom. The van der Waals surface area contributed by atoms with Crippen molar-refractivity contribution in [2.45, 2.75) is 38.6 Å². The van der Waals surface area contributed by atoms with Crippen molar-refractivity contribution in [3.05, 3.63) is 36.5 Å². The molecule has 2 amide bonds. The van der Waals surface area contributed by atoms with Gasteiger partial charge in [-0.25, -0.2) is 9.69 Å². The maximum Gasteiger partial charge on any atom is 0.416 e. The molecule has 1 saturated heterocycles. The number of carbonyl (C=O) groups is 2. The zero-order valence-electron chi connectivity index (χ0n) is 11.9. The summed E-state index contributed by atoms with van der Waals surface area (Å²) in [5.74, 6) is -0.408. The van der Waals surface area contributed by atoms with Crippen LogP contribution in [0.2, 0.25) is 0 Å². The molecule has 2 rings (SSSR count). The van der Waals surface area contributed by atoms with Crippen molar-refractivity contribution in [1.29, 1.82) is 0 Å². The zero-order chi connectivity index (χ0) is 14.5. The molecule has 0 aromatic rings. The van der Waals surface area contributed by atoms with Gasteiger partial charge in [-0.2, -0.15) is 0 Å². The number of hydrogen-bond donors (Lipinski definition) is 0. The molecule has 1 heterocycles. The van der Waals surface area contributed by atoms with Crippen molar-refractivity contribution in [2.75, 3.05) is 6.61 Å². The Morgan fingerprint density at radius 1 is 1.60 bits per heavy atom. The van der Waals surface area contributed by atoms with Crippen LogP contribution < -0.4 is 0 Å². The summed E-state index contributed by atoms with van der Waals surface area (Å²) < 4.78 is 5.06. The molecular formula is C16H21NO3. The van der Waals surface area contributed by atoms with Crippen LogP contribution >= 0.6 is 0 Å². The molecule has 0 radical (unpaired) electrons. The Morgan fingerprint density at radius 2 is 2.40 bits per heavy atom. The minimum absolute atomic E-state index is 0.169. The van der Waals surface area contributed by atoms with Crippen LogP contribution in [0.5, 0.6) is 0 Å². The van der Waals surface area contributed by atoms with Crippen LogP contribution in [0.3, 0.4) is 0 Å². The molecule has 0 aromatic heterocycles. The number of rotatable bonds is 5. The van der Waals surface area contributed by atoms with Gasteiger partial charge in [0.1, 0.15) is 6.61 Å². The Bertz CT molecular complexity index is 464. The smallest absolute Gasteiger partial charge is 0.416 e. The normalized spacial score (nSPS) is 23.2. The Balaban J connectivity index is 2.06. The summed E-state index contributed by atoms with van der Waals surface area (Å²) in [6.07, 6.45) is 10.9. The predicted molar refractivity (Wildman–Crippen MR) is 77.0 cm³/mol. The number of hydrogen-bond acceptors (Lipinski definition) is 3. The van der Waals surface area contributed by atoms with E-state index < -0.39 is 6.09 Å². The second-order valence-electron chi connectivity index (χ2n) is 5.33. The van der Waals surface area contributed by atoms with E-state index >= 15 is 0 Å². The van der Waals surface area contributed by atoms with Crippen LogP contribution in [-0.4, -0.2) is 29.5 Å². The molecule has 1 aliphatic carbocycles. The molecular weight excluding hydrogens is 254 g/mol. The van der Waals surface area contributed by atoms with Crippen LogP contribution in [-0.2, 0) is 9.53 Å². The summed E-state index contributed by atoms with van der Waals surface area (Å²) in [6, 6.07) is -0.184. The maximum absolute atomic E-state index is 12.3. The highest BCUT2D eigenvalue weighted by atomic mass is 16.6. The van der Waals surface area contributed by atoms with Gasteiger partial charge in [-0.3, -0.25) is 4.79 Å². The van der Waals surface area contributed by atoms with Gasteiger partial charge in [-0.05, 0) is 25.7 Å². The fraction of sp³-hybridized carbons (Fsp3) is 0.500. The highest BCUT2D eigenvalue weighted by Crippen LogP contribution is 2.24. The second kappa shape index (κ2) is 6.55. The van der Waals surface area contributed by atoms with Crippen molar-refractivity contribution in [3.8, 4) is 0 Å². The van der Waals surface area contributed by atoms with Gasteiger partial charge in [-0.1, -0.05) is 36.8 Å². The molecule has 0 saturated carbocycles. The van der Waals surface area contributed by atoms with Crippen molar-refractivity contribution >= 4 is 12.0 Å². The minimum atomic E-state index is -0.517. The number of carbonyl (C=O) groups excluding carboxylic acids is 2. The number of cyclic esters (lactones) is 1. The van der Waals surface area contributed by atoms with Gasteiger partial charge >= 0.3 is 6.09 Å². The first-order valence-corrected chi connectivity index (χ1v) is 7.09. The lowest BCUT2D eigenvalue weighted by atomic mass is 9.99. The molecule has 0 bridgehead atoms. The van der Waals surface area contributed by atoms with E-state index in [0.717, 1.165) is 12.8 Å². The Labute approximate surface area is 119 Å². The lowest BCUT2D eigenvalue weighted by Gasteiger charge is -2.23. The van der Waals surface area contributed by atoms with Gasteiger partial charge in [0.2, 0.25) is 5.91 Å². The van der Waals surface area contributed by atoms with Gasteiger partial charge in [-0.15, -0.1) is 6.58 Å². The van der Waals surface area contributed by atoms with Gasteiger partial charge < -0.3 is 4.74 Å².